The van der Waals surface area contributed by atoms with E-state index in [9.17, 15) is 9.59 Å². The smallest absolute Gasteiger partial charge is 0.251 e. The van der Waals surface area contributed by atoms with Gasteiger partial charge in [-0.1, -0.05) is 18.2 Å². The van der Waals surface area contributed by atoms with Crippen molar-refractivity contribution in [3.63, 3.8) is 0 Å². The Morgan fingerprint density at radius 2 is 1.78 bits per heavy atom. The molecule has 3 rings (SSSR count). The Kier molecular flexibility index (Phi) is 6.24. The largest absolute Gasteiger partial charge is 0.496 e. The molecule has 2 aromatic carbocycles. The van der Waals surface area contributed by atoms with E-state index in [1.54, 1.807) is 20.1 Å². The van der Waals surface area contributed by atoms with Gasteiger partial charge >= 0.3 is 0 Å². The SMILES string of the molecule is COc1ccc(C(C)=O)cc1CN1CCC(NC(=O)c2ccccc2)CC1. The van der Waals surface area contributed by atoms with Gasteiger partial charge in [0.25, 0.3) is 5.91 Å². The molecule has 0 radical (unpaired) electrons. The molecule has 1 aliphatic heterocycles. The number of benzene rings is 2. The Morgan fingerprint density at radius 1 is 1.07 bits per heavy atom. The fraction of sp³-hybridized carbons (Fsp3) is 0.364. The molecule has 0 aromatic heterocycles. The van der Waals surface area contributed by atoms with E-state index in [0.717, 1.165) is 43.8 Å². The van der Waals surface area contributed by atoms with E-state index >= 15 is 0 Å². The number of rotatable bonds is 6. The van der Waals surface area contributed by atoms with Crippen LogP contribution in [0.4, 0.5) is 0 Å². The van der Waals surface area contributed by atoms with E-state index in [-0.39, 0.29) is 17.7 Å². The zero-order valence-corrected chi connectivity index (χ0v) is 15.9. The summed E-state index contributed by atoms with van der Waals surface area (Å²) in [5.41, 5.74) is 2.43. The maximum atomic E-state index is 12.3. The number of hydrogen-bond acceptors (Lipinski definition) is 4. The number of ether oxygens (including phenoxy) is 1. The van der Waals surface area contributed by atoms with Crippen molar-refractivity contribution in [3.05, 3.63) is 65.2 Å². The summed E-state index contributed by atoms with van der Waals surface area (Å²) in [5.74, 6) is 0.852. The van der Waals surface area contributed by atoms with Crippen LogP contribution in [-0.2, 0) is 6.54 Å². The van der Waals surface area contributed by atoms with Gasteiger partial charge in [-0.3, -0.25) is 14.5 Å². The first kappa shape index (κ1) is 19.1. The number of methoxy groups -OCH3 is 1. The van der Waals surface area contributed by atoms with Crippen LogP contribution >= 0.6 is 0 Å². The molecule has 1 saturated heterocycles. The highest BCUT2D eigenvalue weighted by atomic mass is 16.5. The Hall–Kier alpha value is -2.66. The minimum atomic E-state index is -0.00937. The van der Waals surface area contributed by atoms with Gasteiger partial charge in [0.1, 0.15) is 5.75 Å². The molecule has 5 heteroatoms. The van der Waals surface area contributed by atoms with Crippen molar-refractivity contribution in [2.24, 2.45) is 0 Å². The van der Waals surface area contributed by atoms with Gasteiger partial charge in [0.05, 0.1) is 7.11 Å². The fourth-order valence-corrected chi connectivity index (χ4v) is 3.46. The van der Waals surface area contributed by atoms with Gasteiger partial charge < -0.3 is 10.1 Å². The summed E-state index contributed by atoms with van der Waals surface area (Å²) < 4.78 is 5.45. The van der Waals surface area contributed by atoms with Crippen LogP contribution in [0.5, 0.6) is 5.75 Å². The molecule has 1 aliphatic rings. The number of likely N-dealkylation sites (tertiary alicyclic amines) is 1. The van der Waals surface area contributed by atoms with Crippen molar-refractivity contribution < 1.29 is 14.3 Å². The Balaban J connectivity index is 1.56. The molecule has 27 heavy (non-hydrogen) atoms. The molecule has 1 amide bonds. The molecule has 2 aromatic rings. The van der Waals surface area contributed by atoms with Gasteiger partial charge in [0, 0.05) is 42.4 Å². The number of carbonyl (C=O) groups excluding carboxylic acids is 2. The number of amides is 1. The van der Waals surface area contributed by atoms with Gasteiger partial charge in [-0.05, 0) is 50.1 Å². The Bertz CT molecular complexity index is 796. The Labute approximate surface area is 160 Å². The van der Waals surface area contributed by atoms with Gasteiger partial charge in [0.15, 0.2) is 5.78 Å². The van der Waals surface area contributed by atoms with Crippen molar-refractivity contribution in [2.45, 2.75) is 32.4 Å². The molecule has 1 fully saturated rings. The standard InChI is InChI=1S/C22H26N2O3/c1-16(25)18-8-9-21(27-2)19(14-18)15-24-12-10-20(11-13-24)23-22(26)17-6-4-3-5-7-17/h3-9,14,20H,10-13,15H2,1-2H3,(H,23,26). The van der Waals surface area contributed by atoms with E-state index in [1.807, 2.05) is 42.5 Å². The number of hydrogen-bond donors (Lipinski definition) is 1. The highest BCUT2D eigenvalue weighted by Crippen LogP contribution is 2.23. The number of nitrogens with zero attached hydrogens (tertiary/aromatic N) is 1. The van der Waals surface area contributed by atoms with Gasteiger partial charge in [-0.15, -0.1) is 0 Å². The van der Waals surface area contributed by atoms with Crippen molar-refractivity contribution in [1.29, 1.82) is 0 Å². The lowest BCUT2D eigenvalue weighted by Gasteiger charge is -2.32. The quantitative estimate of drug-likeness (QED) is 0.797. The summed E-state index contributed by atoms with van der Waals surface area (Å²) in [6.45, 7) is 4.11. The molecule has 0 spiro atoms. The lowest BCUT2D eigenvalue weighted by molar-refractivity contribution is 0.0908. The zero-order chi connectivity index (χ0) is 19.2. The van der Waals surface area contributed by atoms with Crippen LogP contribution in [0.3, 0.4) is 0 Å². The lowest BCUT2D eigenvalue weighted by Crippen LogP contribution is -2.44. The molecule has 0 aliphatic carbocycles. The van der Waals surface area contributed by atoms with E-state index in [0.29, 0.717) is 11.1 Å². The van der Waals surface area contributed by atoms with Crippen molar-refractivity contribution in [3.8, 4) is 5.75 Å². The van der Waals surface area contributed by atoms with Crippen molar-refractivity contribution >= 4 is 11.7 Å². The van der Waals surface area contributed by atoms with Crippen LogP contribution in [0.2, 0.25) is 0 Å². The number of Topliss-reactive ketones (excluding diaryl/α,β-unsaturated/α-hetero) is 1. The third-order valence-electron chi connectivity index (χ3n) is 5.04. The molecular weight excluding hydrogens is 340 g/mol. The zero-order valence-electron chi connectivity index (χ0n) is 15.9. The summed E-state index contributed by atoms with van der Waals surface area (Å²) in [5, 5.41) is 3.13. The lowest BCUT2D eigenvalue weighted by atomic mass is 10.0. The maximum absolute atomic E-state index is 12.3. The van der Waals surface area contributed by atoms with Gasteiger partial charge in [-0.25, -0.2) is 0 Å². The second kappa shape index (κ2) is 8.82. The van der Waals surface area contributed by atoms with Crippen LogP contribution < -0.4 is 10.1 Å². The van der Waals surface area contributed by atoms with Crippen LogP contribution in [0, 0.1) is 0 Å². The van der Waals surface area contributed by atoms with Gasteiger partial charge in [0.2, 0.25) is 0 Å². The minimum absolute atomic E-state index is 0.00937. The van der Waals surface area contributed by atoms with Crippen LogP contribution in [0.1, 0.15) is 46.0 Å². The Morgan fingerprint density at radius 3 is 2.41 bits per heavy atom. The normalized spacial score (nSPS) is 15.3. The fourth-order valence-electron chi connectivity index (χ4n) is 3.46. The molecule has 1 heterocycles. The molecule has 0 saturated carbocycles. The molecule has 5 nitrogen and oxygen atoms in total. The third kappa shape index (κ3) is 4.95. The van der Waals surface area contributed by atoms with Crippen molar-refractivity contribution in [1.82, 2.24) is 10.2 Å². The first-order valence-electron chi connectivity index (χ1n) is 9.33. The highest BCUT2D eigenvalue weighted by Gasteiger charge is 2.22. The van der Waals surface area contributed by atoms with E-state index in [2.05, 4.69) is 10.2 Å². The second-order valence-electron chi connectivity index (χ2n) is 6.97. The van der Waals surface area contributed by atoms with Gasteiger partial charge in [-0.2, -0.15) is 0 Å². The van der Waals surface area contributed by atoms with Crippen LogP contribution in [0.25, 0.3) is 0 Å². The van der Waals surface area contributed by atoms with Crippen LogP contribution in [0.15, 0.2) is 48.5 Å². The van der Waals surface area contributed by atoms with E-state index in [1.165, 1.54) is 0 Å². The summed E-state index contributed by atoms with van der Waals surface area (Å²) in [4.78, 5) is 26.3. The molecule has 0 unspecified atom stereocenters. The molecule has 0 bridgehead atoms. The first-order valence-corrected chi connectivity index (χ1v) is 9.33. The summed E-state index contributed by atoms with van der Waals surface area (Å²) in [6, 6.07) is 15.1. The van der Waals surface area contributed by atoms with Crippen LogP contribution in [-0.4, -0.2) is 42.8 Å². The highest BCUT2D eigenvalue weighted by molar-refractivity contribution is 5.94. The van der Waals surface area contributed by atoms with Crippen molar-refractivity contribution in [2.75, 3.05) is 20.2 Å². The molecule has 0 atom stereocenters. The summed E-state index contributed by atoms with van der Waals surface area (Å²) in [7, 11) is 1.65. The third-order valence-corrected chi connectivity index (χ3v) is 5.04. The topological polar surface area (TPSA) is 58.6 Å². The number of nitrogens with one attached hydrogen (secondary N) is 1. The minimum Gasteiger partial charge on any atom is -0.496 e. The summed E-state index contributed by atoms with van der Waals surface area (Å²) >= 11 is 0. The molecular formula is C22H26N2O3. The predicted molar refractivity (Wildman–Crippen MR) is 105 cm³/mol. The number of carbonyl (C=O) groups is 2. The van der Waals surface area contributed by atoms with E-state index in [4.69, 9.17) is 4.74 Å². The molecule has 142 valence electrons. The predicted octanol–water partition coefficient (Wildman–Crippen LogP) is 3.29. The maximum Gasteiger partial charge on any atom is 0.251 e. The molecule has 1 N–H and O–H groups in total. The first-order chi connectivity index (χ1) is 13.1. The monoisotopic (exact) mass is 366 g/mol. The van der Waals surface area contributed by atoms with E-state index < -0.39 is 0 Å². The summed E-state index contributed by atoms with van der Waals surface area (Å²) in [6.07, 6.45) is 1.82. The average Bonchev–Trinajstić information content (AvgIpc) is 2.70. The number of piperidine rings is 1. The second-order valence-corrected chi connectivity index (χ2v) is 6.97. The average molecular weight is 366 g/mol. The number of ketones is 1.